The van der Waals surface area contributed by atoms with Gasteiger partial charge in [0.1, 0.15) is 11.5 Å². The maximum absolute atomic E-state index is 13.0. The van der Waals surface area contributed by atoms with Crippen LogP contribution in [0.4, 0.5) is 0 Å². The summed E-state index contributed by atoms with van der Waals surface area (Å²) in [6.07, 6.45) is 0.834. The maximum Gasteiger partial charge on any atom is 0.254 e. The highest BCUT2D eigenvalue weighted by atomic mass is 16.3. The van der Waals surface area contributed by atoms with E-state index in [0.29, 0.717) is 18.7 Å². The van der Waals surface area contributed by atoms with Crippen LogP contribution in [0.25, 0.3) is 5.57 Å². The molecule has 2 aromatic carbocycles. The molecule has 0 N–H and O–H groups in total. The molecule has 1 aliphatic rings. The third-order valence-electron chi connectivity index (χ3n) is 5.30. The summed E-state index contributed by atoms with van der Waals surface area (Å²) in [5.74, 6) is 1.91. The van der Waals surface area contributed by atoms with Crippen molar-refractivity contribution in [3.05, 3.63) is 101 Å². The summed E-state index contributed by atoms with van der Waals surface area (Å²) >= 11 is 0. The molecular weight excluding hydrogens is 360 g/mol. The zero-order valence-corrected chi connectivity index (χ0v) is 17.0. The number of furan rings is 1. The highest BCUT2D eigenvalue weighted by Gasteiger charge is 2.25. The van der Waals surface area contributed by atoms with Crippen molar-refractivity contribution in [3.8, 4) is 0 Å². The molecule has 29 heavy (non-hydrogen) atoms. The number of nitrogens with zero attached hydrogens (tertiary/aromatic N) is 2. The fourth-order valence-electron chi connectivity index (χ4n) is 3.75. The fourth-order valence-corrected chi connectivity index (χ4v) is 3.75. The van der Waals surface area contributed by atoms with Crippen molar-refractivity contribution in [2.24, 2.45) is 0 Å². The van der Waals surface area contributed by atoms with E-state index in [1.807, 2.05) is 73.6 Å². The average molecular weight is 386 g/mol. The lowest BCUT2D eigenvalue weighted by atomic mass is 9.98. The van der Waals surface area contributed by atoms with Gasteiger partial charge in [-0.05, 0) is 61.0 Å². The van der Waals surface area contributed by atoms with Crippen LogP contribution in [0.5, 0.6) is 0 Å². The van der Waals surface area contributed by atoms with E-state index in [2.05, 4.69) is 17.5 Å². The molecule has 0 radical (unpaired) electrons. The Morgan fingerprint density at radius 3 is 2.38 bits per heavy atom. The zero-order chi connectivity index (χ0) is 20.4. The van der Waals surface area contributed by atoms with Crippen molar-refractivity contribution < 1.29 is 9.21 Å². The Balaban J connectivity index is 1.46. The third-order valence-corrected chi connectivity index (χ3v) is 5.30. The van der Waals surface area contributed by atoms with Crippen molar-refractivity contribution in [3.63, 3.8) is 0 Å². The van der Waals surface area contributed by atoms with Crippen molar-refractivity contribution in [2.75, 3.05) is 20.6 Å². The number of hydrogen-bond donors (Lipinski definition) is 0. The molecule has 2 heterocycles. The SMILES string of the molecule is C=C(c1ccccc1)c1ccc(C(=O)N2CCc3cc(CN(C)C)oc3C2)cc1. The number of benzene rings is 2. The molecule has 0 saturated heterocycles. The molecule has 0 unspecified atom stereocenters. The minimum Gasteiger partial charge on any atom is -0.463 e. The van der Waals surface area contributed by atoms with Gasteiger partial charge in [-0.25, -0.2) is 0 Å². The van der Waals surface area contributed by atoms with Crippen molar-refractivity contribution >= 4 is 11.5 Å². The van der Waals surface area contributed by atoms with Crippen molar-refractivity contribution in [1.29, 1.82) is 0 Å². The van der Waals surface area contributed by atoms with Crippen LogP contribution in [0, 0.1) is 0 Å². The van der Waals surface area contributed by atoms with E-state index in [-0.39, 0.29) is 5.91 Å². The van der Waals surface area contributed by atoms with Crippen LogP contribution < -0.4 is 0 Å². The molecule has 4 heteroatoms. The van der Waals surface area contributed by atoms with E-state index < -0.39 is 0 Å². The summed E-state index contributed by atoms with van der Waals surface area (Å²) in [5, 5.41) is 0. The number of fused-ring (bicyclic) bond motifs is 1. The second-order valence-electron chi connectivity index (χ2n) is 7.80. The first-order valence-electron chi connectivity index (χ1n) is 9.90. The predicted octanol–water partition coefficient (Wildman–Crippen LogP) is 4.60. The van der Waals surface area contributed by atoms with Gasteiger partial charge in [-0.2, -0.15) is 0 Å². The van der Waals surface area contributed by atoms with Gasteiger partial charge < -0.3 is 14.2 Å². The van der Waals surface area contributed by atoms with Gasteiger partial charge in [0.25, 0.3) is 5.91 Å². The predicted molar refractivity (Wildman–Crippen MR) is 116 cm³/mol. The monoisotopic (exact) mass is 386 g/mol. The van der Waals surface area contributed by atoms with Gasteiger partial charge in [0.2, 0.25) is 0 Å². The van der Waals surface area contributed by atoms with E-state index in [0.717, 1.165) is 41.2 Å². The molecule has 4 rings (SSSR count). The zero-order valence-electron chi connectivity index (χ0n) is 17.0. The largest absolute Gasteiger partial charge is 0.463 e. The Labute approximate surface area is 172 Å². The van der Waals surface area contributed by atoms with Gasteiger partial charge in [0, 0.05) is 12.1 Å². The Bertz CT molecular complexity index is 1020. The van der Waals surface area contributed by atoms with Crippen LogP contribution in [0.3, 0.4) is 0 Å². The van der Waals surface area contributed by atoms with E-state index in [1.54, 1.807) is 0 Å². The smallest absolute Gasteiger partial charge is 0.254 e. The second-order valence-corrected chi connectivity index (χ2v) is 7.80. The molecule has 0 bridgehead atoms. The molecule has 3 aromatic rings. The standard InChI is InChI=1S/C25H26N2O2/c1-18(19-7-5-4-6-8-19)20-9-11-21(12-10-20)25(28)27-14-13-22-15-23(16-26(2)3)29-24(22)17-27/h4-12,15H,1,13-14,16-17H2,2-3H3. The molecule has 4 nitrogen and oxygen atoms in total. The average Bonchev–Trinajstić information content (AvgIpc) is 3.14. The normalized spacial score (nSPS) is 13.4. The lowest BCUT2D eigenvalue weighted by Gasteiger charge is -2.26. The highest BCUT2D eigenvalue weighted by Crippen LogP contribution is 2.26. The van der Waals surface area contributed by atoms with Crippen LogP contribution >= 0.6 is 0 Å². The van der Waals surface area contributed by atoms with Gasteiger partial charge in [0.05, 0.1) is 13.1 Å². The molecular formula is C25H26N2O2. The van der Waals surface area contributed by atoms with Gasteiger partial charge in [-0.15, -0.1) is 0 Å². The molecule has 0 atom stereocenters. The quantitative estimate of drug-likeness (QED) is 0.643. The first-order chi connectivity index (χ1) is 14.0. The minimum atomic E-state index is 0.0399. The topological polar surface area (TPSA) is 36.7 Å². The molecule has 0 fully saturated rings. The van der Waals surface area contributed by atoms with Crippen LogP contribution in [0.2, 0.25) is 0 Å². The first kappa shape index (κ1) is 19.2. The van der Waals surface area contributed by atoms with Crippen LogP contribution in [0.1, 0.15) is 38.6 Å². The summed E-state index contributed by atoms with van der Waals surface area (Å²) in [7, 11) is 4.04. The van der Waals surface area contributed by atoms with Crippen LogP contribution in [-0.4, -0.2) is 36.3 Å². The van der Waals surface area contributed by atoms with Crippen molar-refractivity contribution in [2.45, 2.75) is 19.5 Å². The number of amides is 1. The number of hydrogen-bond acceptors (Lipinski definition) is 3. The van der Waals surface area contributed by atoms with Crippen molar-refractivity contribution in [1.82, 2.24) is 9.80 Å². The molecule has 148 valence electrons. The Morgan fingerprint density at radius 1 is 1.03 bits per heavy atom. The molecule has 0 saturated carbocycles. The summed E-state index contributed by atoms with van der Waals surface area (Å²) in [6, 6.07) is 19.9. The van der Waals surface area contributed by atoms with Gasteiger partial charge in [-0.1, -0.05) is 49.0 Å². The van der Waals surface area contributed by atoms with Gasteiger partial charge in [0.15, 0.2) is 0 Å². The number of carbonyl (C=O) groups excluding carboxylic acids is 1. The molecule has 1 amide bonds. The Hall–Kier alpha value is -3.11. The van der Waals surface area contributed by atoms with E-state index >= 15 is 0 Å². The Kier molecular flexibility index (Phi) is 5.36. The maximum atomic E-state index is 13.0. The van der Waals surface area contributed by atoms with Crippen LogP contribution in [0.15, 0.2) is 71.7 Å². The molecule has 1 aromatic heterocycles. The summed E-state index contributed by atoms with van der Waals surface area (Å²) in [4.78, 5) is 16.9. The van der Waals surface area contributed by atoms with E-state index in [1.165, 1.54) is 5.56 Å². The summed E-state index contributed by atoms with van der Waals surface area (Å²) in [5.41, 5.74) is 4.98. The number of carbonyl (C=O) groups is 1. The fraction of sp³-hybridized carbons (Fsp3) is 0.240. The van der Waals surface area contributed by atoms with Crippen LogP contribution in [-0.2, 0) is 19.5 Å². The molecule has 0 spiro atoms. The lowest BCUT2D eigenvalue weighted by molar-refractivity contribution is 0.0718. The lowest BCUT2D eigenvalue weighted by Crippen LogP contribution is -2.35. The third kappa shape index (κ3) is 4.17. The van der Waals surface area contributed by atoms with Gasteiger partial charge >= 0.3 is 0 Å². The van der Waals surface area contributed by atoms with Gasteiger partial charge in [-0.3, -0.25) is 4.79 Å². The Morgan fingerprint density at radius 2 is 1.69 bits per heavy atom. The van der Waals surface area contributed by atoms with E-state index in [4.69, 9.17) is 4.42 Å². The highest BCUT2D eigenvalue weighted by molar-refractivity contribution is 5.95. The molecule has 0 aliphatic carbocycles. The first-order valence-corrected chi connectivity index (χ1v) is 9.90. The number of rotatable bonds is 5. The molecule has 1 aliphatic heterocycles. The van der Waals surface area contributed by atoms with E-state index in [9.17, 15) is 4.79 Å². The minimum absolute atomic E-state index is 0.0399. The second kappa shape index (κ2) is 8.10. The summed E-state index contributed by atoms with van der Waals surface area (Å²) < 4.78 is 5.99. The summed E-state index contributed by atoms with van der Waals surface area (Å²) in [6.45, 7) is 6.21.